The average Bonchev–Trinajstić information content (AvgIpc) is 3.15. The molecule has 1 aliphatic heterocycles. The highest BCUT2D eigenvalue weighted by Gasteiger charge is 2.18. The van der Waals surface area contributed by atoms with E-state index in [4.69, 9.17) is 28.9 Å². The first-order valence-corrected chi connectivity index (χ1v) is 15.7. The monoisotopic (exact) mass is 649 g/mol. The van der Waals surface area contributed by atoms with E-state index >= 15 is 0 Å². The summed E-state index contributed by atoms with van der Waals surface area (Å²) in [6.07, 6.45) is 0. The highest BCUT2D eigenvalue weighted by molar-refractivity contribution is 5.85. The van der Waals surface area contributed by atoms with Crippen LogP contribution in [0.5, 0.6) is 23.0 Å². The first-order valence-electron chi connectivity index (χ1n) is 15.7. The van der Waals surface area contributed by atoms with Crippen molar-refractivity contribution in [3.05, 3.63) is 133 Å². The molecule has 9 nitrogen and oxygen atoms in total. The number of nitrogens with one attached hydrogen (secondary N) is 2. The van der Waals surface area contributed by atoms with Crippen LogP contribution in [0, 0.1) is 0 Å². The van der Waals surface area contributed by atoms with E-state index in [0.717, 1.165) is 84.9 Å². The first-order chi connectivity index (χ1) is 24.0. The van der Waals surface area contributed by atoms with E-state index in [-0.39, 0.29) is 0 Å². The van der Waals surface area contributed by atoms with Gasteiger partial charge in [-0.3, -0.25) is 0 Å². The van der Waals surface area contributed by atoms with Gasteiger partial charge in [-0.05, 0) is 121 Å². The average molecular weight is 650 g/mol. The molecule has 0 unspecified atom stereocenters. The molecule has 0 atom stereocenters. The molecule has 7 rings (SSSR count). The molecule has 49 heavy (non-hydrogen) atoms. The fourth-order valence-corrected chi connectivity index (χ4v) is 5.63. The van der Waals surface area contributed by atoms with Crippen molar-refractivity contribution in [2.75, 3.05) is 39.1 Å². The highest BCUT2D eigenvalue weighted by atomic mass is 16.5. The Balaban J connectivity index is 1.40. The Hall–Kier alpha value is -6.48. The molecular weight excluding hydrogens is 614 g/mol. The van der Waals surface area contributed by atoms with Gasteiger partial charge >= 0.3 is 0 Å². The number of fused-ring (bicyclic) bond motifs is 2. The lowest BCUT2D eigenvalue weighted by Gasteiger charge is -2.21. The lowest BCUT2D eigenvalue weighted by atomic mass is 10.1. The SMILES string of the molecule is COc1ccc(N=c2cc3n(-c4ccc(Nc5ccc(OC)cc5)cc4)c4cc(OC)ccc4nc-3cc2Nc2ccc(OC)cc2)cc1. The van der Waals surface area contributed by atoms with Gasteiger partial charge in [0, 0.05) is 28.8 Å². The number of anilines is 4. The summed E-state index contributed by atoms with van der Waals surface area (Å²) in [5.74, 6) is 3.09. The second-order valence-corrected chi connectivity index (χ2v) is 11.2. The Labute approximate surface area is 284 Å². The van der Waals surface area contributed by atoms with Crippen molar-refractivity contribution in [3.63, 3.8) is 0 Å². The second kappa shape index (κ2) is 13.7. The lowest BCUT2D eigenvalue weighted by molar-refractivity contribution is 0.415. The van der Waals surface area contributed by atoms with Crippen LogP contribution in [0.4, 0.5) is 28.4 Å². The summed E-state index contributed by atoms with van der Waals surface area (Å²) in [6, 6.07) is 41.7. The first kappa shape index (κ1) is 31.1. The number of methoxy groups -OCH3 is 4. The molecule has 0 spiro atoms. The van der Waals surface area contributed by atoms with Crippen LogP contribution in [0.15, 0.2) is 132 Å². The molecular formula is C40H35N5O4. The zero-order valence-electron chi connectivity index (χ0n) is 27.6. The van der Waals surface area contributed by atoms with E-state index in [1.54, 1.807) is 28.4 Å². The van der Waals surface area contributed by atoms with E-state index in [1.807, 2.05) is 97.1 Å². The summed E-state index contributed by atoms with van der Waals surface area (Å²) < 4.78 is 23.9. The van der Waals surface area contributed by atoms with Gasteiger partial charge in [0.1, 0.15) is 23.0 Å². The van der Waals surface area contributed by atoms with E-state index < -0.39 is 0 Å². The van der Waals surface area contributed by atoms with Crippen molar-refractivity contribution >= 4 is 39.5 Å². The third-order valence-electron chi connectivity index (χ3n) is 8.19. The Morgan fingerprint density at radius 2 is 1.04 bits per heavy atom. The molecule has 0 saturated heterocycles. The number of hydrogen-bond donors (Lipinski definition) is 2. The molecule has 0 aromatic heterocycles. The normalized spacial score (nSPS) is 11.4. The molecule has 1 aliphatic carbocycles. The van der Waals surface area contributed by atoms with Gasteiger partial charge in [-0.15, -0.1) is 0 Å². The van der Waals surface area contributed by atoms with Crippen LogP contribution in [-0.2, 0) is 0 Å². The maximum Gasteiger partial charge on any atom is 0.121 e. The molecule has 2 N–H and O–H groups in total. The summed E-state index contributed by atoms with van der Waals surface area (Å²) in [5.41, 5.74) is 8.75. The van der Waals surface area contributed by atoms with E-state index in [9.17, 15) is 0 Å². The van der Waals surface area contributed by atoms with Gasteiger partial charge in [0.25, 0.3) is 0 Å². The van der Waals surface area contributed by atoms with Crippen molar-refractivity contribution in [3.8, 4) is 40.1 Å². The molecule has 0 fully saturated rings. The Morgan fingerprint density at radius 3 is 1.61 bits per heavy atom. The maximum absolute atomic E-state index is 5.64. The molecule has 0 saturated carbocycles. The fraction of sp³-hybridized carbons (Fsp3) is 0.100. The van der Waals surface area contributed by atoms with E-state index in [2.05, 4.69) is 45.5 Å². The molecule has 5 aromatic rings. The van der Waals surface area contributed by atoms with Gasteiger partial charge in [-0.1, -0.05) is 0 Å². The largest absolute Gasteiger partial charge is 0.497 e. The van der Waals surface area contributed by atoms with Crippen molar-refractivity contribution in [2.45, 2.75) is 0 Å². The van der Waals surface area contributed by atoms with Crippen LogP contribution in [0.2, 0.25) is 0 Å². The number of hydrogen-bond acceptors (Lipinski definition) is 8. The topological polar surface area (TPSA) is 91.2 Å². The van der Waals surface area contributed by atoms with Gasteiger partial charge in [0.05, 0.1) is 67.6 Å². The minimum Gasteiger partial charge on any atom is -0.497 e. The summed E-state index contributed by atoms with van der Waals surface area (Å²) in [6.45, 7) is 0. The lowest BCUT2D eigenvalue weighted by Crippen LogP contribution is -2.15. The summed E-state index contributed by atoms with van der Waals surface area (Å²) >= 11 is 0. The van der Waals surface area contributed by atoms with Crippen molar-refractivity contribution < 1.29 is 18.9 Å². The molecule has 0 amide bonds. The maximum atomic E-state index is 5.64. The number of rotatable bonds is 10. The predicted molar refractivity (Wildman–Crippen MR) is 195 cm³/mol. The predicted octanol–water partition coefficient (Wildman–Crippen LogP) is 8.88. The molecule has 0 bridgehead atoms. The van der Waals surface area contributed by atoms with Crippen molar-refractivity contribution in [2.24, 2.45) is 4.99 Å². The Kier molecular flexibility index (Phi) is 8.71. The van der Waals surface area contributed by atoms with Gasteiger partial charge in [0.2, 0.25) is 0 Å². The number of aromatic nitrogens is 2. The third kappa shape index (κ3) is 6.68. The second-order valence-electron chi connectivity index (χ2n) is 11.2. The van der Waals surface area contributed by atoms with Gasteiger partial charge < -0.3 is 34.1 Å². The summed E-state index contributed by atoms with van der Waals surface area (Å²) in [4.78, 5) is 10.2. The molecule has 244 valence electrons. The number of nitrogens with zero attached hydrogens (tertiary/aromatic N) is 3. The van der Waals surface area contributed by atoms with E-state index in [1.165, 1.54) is 0 Å². The molecule has 1 heterocycles. The van der Waals surface area contributed by atoms with Crippen LogP contribution in [0.1, 0.15) is 0 Å². The van der Waals surface area contributed by atoms with Gasteiger partial charge in [-0.25, -0.2) is 9.98 Å². The molecule has 9 heteroatoms. The molecule has 0 radical (unpaired) electrons. The smallest absolute Gasteiger partial charge is 0.121 e. The van der Waals surface area contributed by atoms with Crippen LogP contribution in [0.3, 0.4) is 0 Å². The number of benzene rings is 6. The summed E-state index contributed by atoms with van der Waals surface area (Å²) in [5, 5.41) is 7.77. The van der Waals surface area contributed by atoms with Gasteiger partial charge in [-0.2, -0.15) is 0 Å². The highest BCUT2D eigenvalue weighted by Crippen LogP contribution is 2.33. The minimum absolute atomic E-state index is 0.737. The van der Waals surface area contributed by atoms with Crippen LogP contribution in [-0.4, -0.2) is 38.0 Å². The van der Waals surface area contributed by atoms with Crippen molar-refractivity contribution in [1.82, 2.24) is 9.55 Å². The standard InChI is InChI=1S/C40H35N5O4/c1-46-31-15-7-27(8-16-31)41-26-5-13-30(14-6-26)45-39-23-34(49-4)21-22-35(39)44-38-24-36(42-28-9-17-32(47-2)18-10-28)37(25-40(38)45)43-29-11-19-33(48-3)20-12-29/h5-25,41-42H,1-4H3. The van der Waals surface area contributed by atoms with E-state index in [0.29, 0.717) is 0 Å². The Morgan fingerprint density at radius 1 is 0.531 bits per heavy atom. The quantitative estimate of drug-likeness (QED) is 0.143. The van der Waals surface area contributed by atoms with Crippen molar-refractivity contribution in [1.29, 1.82) is 0 Å². The fourth-order valence-electron chi connectivity index (χ4n) is 5.63. The van der Waals surface area contributed by atoms with Crippen LogP contribution in [0.25, 0.3) is 28.1 Å². The number of ether oxygens (including phenoxy) is 4. The molecule has 5 aromatic carbocycles. The minimum atomic E-state index is 0.737. The Bertz CT molecular complexity index is 2250. The van der Waals surface area contributed by atoms with Crippen LogP contribution >= 0.6 is 0 Å². The van der Waals surface area contributed by atoms with Gasteiger partial charge in [0.15, 0.2) is 0 Å². The third-order valence-corrected chi connectivity index (χ3v) is 8.19. The zero-order valence-corrected chi connectivity index (χ0v) is 27.6. The molecule has 2 aliphatic rings. The summed E-state index contributed by atoms with van der Waals surface area (Å²) in [7, 11) is 6.64. The zero-order chi connectivity index (χ0) is 33.7. The van der Waals surface area contributed by atoms with Crippen LogP contribution < -0.4 is 34.9 Å².